The van der Waals surface area contributed by atoms with Crippen molar-refractivity contribution in [2.75, 3.05) is 20.5 Å². The molecule has 0 spiro atoms. The van der Waals surface area contributed by atoms with Crippen LogP contribution in [0.4, 0.5) is 35.1 Å². The minimum Gasteiger partial charge on any atom is -0.870 e. The minimum absolute atomic E-state index is 0. The van der Waals surface area contributed by atoms with Gasteiger partial charge in [0.05, 0.1) is 65.7 Å². The largest absolute Gasteiger partial charge is 1.00 e. The van der Waals surface area contributed by atoms with Crippen LogP contribution in [0.1, 0.15) is 112 Å². The fourth-order valence-corrected chi connectivity index (χ4v) is 8.76. The summed E-state index contributed by atoms with van der Waals surface area (Å²) in [5, 5.41) is 16.2. The van der Waals surface area contributed by atoms with Gasteiger partial charge in [-0.05, 0) is 121 Å². The first kappa shape index (κ1) is 60.5. The number of aromatic carboxylic acids is 1. The third-order valence-electron chi connectivity index (χ3n) is 12.7. The predicted octanol–water partition coefficient (Wildman–Crippen LogP) is 9.73. The summed E-state index contributed by atoms with van der Waals surface area (Å²) in [4.78, 5) is 49.6. The molecule has 0 aliphatic rings. The van der Waals surface area contributed by atoms with Crippen LogP contribution in [-0.2, 0) is 43.0 Å². The molecule has 398 valence electrons. The monoisotopic (exact) mass is 1080 g/mol. The van der Waals surface area contributed by atoms with Crippen LogP contribution in [0.2, 0.25) is 0 Å². The van der Waals surface area contributed by atoms with Crippen molar-refractivity contribution in [1.29, 1.82) is 0 Å². The molecule has 20 heteroatoms. The van der Waals surface area contributed by atoms with E-state index in [0.29, 0.717) is 61.6 Å². The van der Waals surface area contributed by atoms with Crippen molar-refractivity contribution >= 4 is 45.6 Å². The maximum absolute atomic E-state index is 13.4. The summed E-state index contributed by atoms with van der Waals surface area (Å²) in [6.45, 7) is 2.39. The number of rotatable bonds is 16. The van der Waals surface area contributed by atoms with E-state index < -0.39 is 66.8 Å². The molecule has 11 nitrogen and oxygen atoms in total. The molecule has 4 N–H and O–H groups in total. The van der Waals surface area contributed by atoms with Crippen molar-refractivity contribution in [3.8, 4) is 0 Å². The molecule has 8 rings (SSSR count). The number of fused-ring (bicyclic) bond motifs is 2. The summed E-state index contributed by atoms with van der Waals surface area (Å²) in [5.74, 6) is -2.30. The molecule has 0 radical (unpaired) electrons. The smallest absolute Gasteiger partial charge is 0.870 e. The van der Waals surface area contributed by atoms with Crippen LogP contribution in [-0.4, -0.2) is 63.9 Å². The van der Waals surface area contributed by atoms with E-state index in [-0.39, 0.29) is 66.0 Å². The number of carboxylic acids is 1. The molecule has 0 saturated heterocycles. The summed E-state index contributed by atoms with van der Waals surface area (Å²) < 4.78 is 112. The van der Waals surface area contributed by atoms with Gasteiger partial charge in [-0.25, -0.2) is 18.4 Å². The van der Waals surface area contributed by atoms with E-state index in [4.69, 9.17) is 9.84 Å². The summed E-state index contributed by atoms with van der Waals surface area (Å²) in [6, 6.07) is 32.4. The van der Waals surface area contributed by atoms with Gasteiger partial charge in [-0.2, -0.15) is 26.3 Å². The average molecular weight is 1080 g/mol. The molecule has 2 atom stereocenters. The fourth-order valence-electron chi connectivity index (χ4n) is 8.76. The molecule has 77 heavy (non-hydrogen) atoms. The van der Waals surface area contributed by atoms with E-state index in [2.05, 4.69) is 10.6 Å². The number of hydrogen-bond donors (Lipinski definition) is 3. The first-order chi connectivity index (χ1) is 35.7. The van der Waals surface area contributed by atoms with Gasteiger partial charge in [0.1, 0.15) is 13.3 Å². The zero-order valence-electron chi connectivity index (χ0n) is 42.1. The van der Waals surface area contributed by atoms with Gasteiger partial charge in [0.2, 0.25) is 0 Å². The van der Waals surface area contributed by atoms with Gasteiger partial charge in [-0.3, -0.25) is 9.59 Å². The second-order valence-corrected chi connectivity index (χ2v) is 17.6. The summed E-state index contributed by atoms with van der Waals surface area (Å²) in [7, 11) is 1.30. The van der Waals surface area contributed by atoms with E-state index in [1.54, 1.807) is 102 Å². The molecule has 0 aliphatic carbocycles. The first-order valence-corrected chi connectivity index (χ1v) is 23.5. The summed E-state index contributed by atoms with van der Waals surface area (Å²) >= 11 is 0. The van der Waals surface area contributed by atoms with Crippen LogP contribution in [0.5, 0.6) is 0 Å². The number of alkyl halides is 8. The standard InChI is InChI=1S/C29H26F4N2O3.C28H24F4N2O3.Na.H2O/c1-18(20-8-10-21(11-9-20)28(37)38-2)34-27(36)24-17-35(15-14-30)25-5-3-4-22(26(24)25)16-19-6-12-23(13-7-19)29(31,32)33;1-17(19-7-9-20(10-8-19)27(36)37)33-26(35)23-16-34(14-13-29)24-4-2-3-21(25(23)24)15-18-5-11-22(12-6-18)28(30,31)32;;/h3-13,17-18H,14-16H2,1-2H3,(H,34,36);2-12,16-17H,13-15H2,1H3,(H,33,35)(H,36,37);;1H2/q;;+1;/p-1/t18-;17-;;/m00../s1. The van der Waals surface area contributed by atoms with E-state index in [9.17, 15) is 54.3 Å². The van der Waals surface area contributed by atoms with Crippen LogP contribution in [0, 0.1) is 0 Å². The Morgan fingerprint density at radius 1 is 0.558 bits per heavy atom. The Morgan fingerprint density at radius 2 is 0.922 bits per heavy atom. The van der Waals surface area contributed by atoms with Gasteiger partial charge < -0.3 is 35.1 Å². The molecule has 0 unspecified atom stereocenters. The Labute approximate surface area is 459 Å². The number of aromatic nitrogens is 2. The topological polar surface area (TPSA) is 162 Å². The molecular formula is C57H51F8N4NaO7. The third-order valence-corrected chi connectivity index (χ3v) is 12.7. The zero-order valence-corrected chi connectivity index (χ0v) is 44.1. The number of methoxy groups -OCH3 is 1. The van der Waals surface area contributed by atoms with Crippen molar-refractivity contribution in [3.63, 3.8) is 0 Å². The molecule has 0 bridgehead atoms. The Bertz CT molecular complexity index is 3320. The summed E-state index contributed by atoms with van der Waals surface area (Å²) in [6.07, 6.45) is -5.11. The molecule has 2 aromatic heterocycles. The molecule has 6 aromatic carbocycles. The van der Waals surface area contributed by atoms with Crippen LogP contribution in [0.15, 0.2) is 146 Å². The number of esters is 1. The molecular weight excluding hydrogens is 1030 g/mol. The number of carboxylic acid groups (broad SMARTS) is 1. The van der Waals surface area contributed by atoms with Gasteiger partial charge in [0.25, 0.3) is 11.8 Å². The number of carbonyl (C=O) groups is 4. The second kappa shape index (κ2) is 26.2. The third kappa shape index (κ3) is 14.6. The number of ether oxygens (including phenoxy) is 1. The molecule has 8 aromatic rings. The van der Waals surface area contributed by atoms with Crippen LogP contribution < -0.4 is 40.2 Å². The van der Waals surface area contributed by atoms with Crippen LogP contribution >= 0.6 is 0 Å². The Kier molecular flexibility index (Phi) is 20.6. The number of halogens is 8. The molecule has 2 heterocycles. The number of nitrogens with zero attached hydrogens (tertiary/aromatic N) is 2. The molecule has 2 amide bonds. The normalized spacial score (nSPS) is 12.1. The Hall–Kier alpha value is -7.32. The zero-order chi connectivity index (χ0) is 54.2. The SMILES string of the molecule is COC(=O)c1ccc([C@H](C)NC(=O)c2cn(CCF)c3cccc(Cc4ccc(C(F)(F)F)cc4)c23)cc1.C[C@H](NC(=O)c1cn(CCF)c2cccc(Cc3ccc(C(F)(F)F)cc3)c12)c1ccc(C(=O)O)cc1.[Na+].[OH-]. The van der Waals surface area contributed by atoms with Crippen LogP contribution in [0.25, 0.3) is 21.8 Å². The van der Waals surface area contributed by atoms with Gasteiger partial charge in [-0.1, -0.05) is 72.8 Å². The van der Waals surface area contributed by atoms with Crippen molar-refractivity contribution in [2.24, 2.45) is 0 Å². The van der Waals surface area contributed by atoms with Gasteiger partial charge in [0.15, 0.2) is 0 Å². The van der Waals surface area contributed by atoms with Crippen molar-refractivity contribution in [3.05, 3.63) is 213 Å². The summed E-state index contributed by atoms with van der Waals surface area (Å²) in [5.41, 5.74) is 5.22. The van der Waals surface area contributed by atoms with Crippen molar-refractivity contribution in [2.45, 2.75) is 64.2 Å². The van der Waals surface area contributed by atoms with Gasteiger partial charge >= 0.3 is 53.8 Å². The van der Waals surface area contributed by atoms with E-state index >= 15 is 0 Å². The Morgan fingerprint density at radius 3 is 1.25 bits per heavy atom. The molecule has 0 fully saturated rings. The molecule has 0 aliphatic heterocycles. The quantitative estimate of drug-likeness (QED) is 0.0493. The number of benzene rings is 6. The first-order valence-electron chi connectivity index (χ1n) is 23.5. The van der Waals surface area contributed by atoms with E-state index in [1.807, 2.05) is 6.07 Å². The maximum Gasteiger partial charge on any atom is 1.00 e. The predicted molar refractivity (Wildman–Crippen MR) is 269 cm³/mol. The van der Waals surface area contributed by atoms with Crippen molar-refractivity contribution < 1.29 is 99.2 Å². The van der Waals surface area contributed by atoms with E-state index in [0.717, 1.165) is 41.0 Å². The van der Waals surface area contributed by atoms with E-state index in [1.165, 1.54) is 43.5 Å². The Balaban J connectivity index is 0.000000277. The number of hydrogen-bond acceptors (Lipinski definition) is 6. The number of amides is 2. The minimum atomic E-state index is -4.43. The van der Waals surface area contributed by atoms with Crippen LogP contribution in [0.3, 0.4) is 0 Å². The maximum atomic E-state index is 13.4. The second-order valence-electron chi connectivity index (χ2n) is 17.6. The van der Waals surface area contributed by atoms with Gasteiger partial charge in [-0.15, -0.1) is 0 Å². The van der Waals surface area contributed by atoms with Crippen molar-refractivity contribution in [1.82, 2.24) is 19.8 Å². The number of carbonyl (C=O) groups excluding carboxylic acids is 3. The average Bonchev–Trinajstić information content (AvgIpc) is 4.00. The fraction of sp³-hybridized carbons (Fsp3) is 0.228. The van der Waals surface area contributed by atoms with Gasteiger partial charge in [0, 0.05) is 34.2 Å². The number of aryl methyl sites for hydroxylation is 2. The molecule has 0 saturated carbocycles. The number of nitrogens with one attached hydrogen (secondary N) is 2.